The van der Waals surface area contributed by atoms with Gasteiger partial charge in [0.25, 0.3) is 0 Å². The van der Waals surface area contributed by atoms with E-state index in [-0.39, 0.29) is 11.6 Å². The highest BCUT2D eigenvalue weighted by atomic mass is 32.2. The summed E-state index contributed by atoms with van der Waals surface area (Å²) in [4.78, 5) is 11.1. The number of aryl methyl sites for hydroxylation is 3. The first-order chi connectivity index (χ1) is 14.7. The minimum atomic E-state index is -3.48. The molecule has 31 heavy (non-hydrogen) atoms. The molecule has 8 nitrogen and oxygen atoms in total. The predicted octanol–water partition coefficient (Wildman–Crippen LogP) is 2.38. The van der Waals surface area contributed by atoms with E-state index in [4.69, 9.17) is 0 Å². The summed E-state index contributed by atoms with van der Waals surface area (Å²) < 4.78 is 41.9. The van der Waals surface area contributed by atoms with Gasteiger partial charge in [-0.1, -0.05) is 12.1 Å². The molecule has 4 rings (SSSR count). The third-order valence-corrected chi connectivity index (χ3v) is 7.11. The molecular formula is C21H25FN6O2S. The van der Waals surface area contributed by atoms with Gasteiger partial charge in [-0.2, -0.15) is 9.40 Å². The standard InChI is InChI=1S/C21H25FN6O2S/c1-15-12-16(2)28(25-15)21-13-20(23-17(3)24-21)26-8-10-27(11-9-26)31(29,30)14-18-4-6-19(22)7-5-18/h4-7,12-13H,8-11,14H2,1-3H3. The molecule has 0 spiro atoms. The molecule has 1 aliphatic rings. The molecule has 1 saturated heterocycles. The zero-order valence-corrected chi connectivity index (χ0v) is 18.6. The van der Waals surface area contributed by atoms with Crippen molar-refractivity contribution in [2.45, 2.75) is 26.5 Å². The summed E-state index contributed by atoms with van der Waals surface area (Å²) in [6.07, 6.45) is 0. The Morgan fingerprint density at radius 1 is 0.935 bits per heavy atom. The van der Waals surface area contributed by atoms with Crippen LogP contribution in [0.2, 0.25) is 0 Å². The molecule has 0 radical (unpaired) electrons. The number of nitrogens with zero attached hydrogens (tertiary/aromatic N) is 6. The molecular weight excluding hydrogens is 419 g/mol. The molecule has 0 N–H and O–H groups in total. The number of hydrogen-bond acceptors (Lipinski definition) is 6. The fourth-order valence-corrected chi connectivity index (χ4v) is 5.26. The Labute approximate surface area is 181 Å². The third-order valence-electron chi connectivity index (χ3n) is 5.26. The second-order valence-corrected chi connectivity index (χ2v) is 9.71. The Morgan fingerprint density at radius 2 is 1.58 bits per heavy atom. The van der Waals surface area contributed by atoms with Crippen LogP contribution in [-0.4, -0.2) is 58.7 Å². The largest absolute Gasteiger partial charge is 0.354 e. The normalized spacial score (nSPS) is 15.4. The average Bonchev–Trinajstić information content (AvgIpc) is 3.07. The van der Waals surface area contributed by atoms with E-state index >= 15 is 0 Å². The Balaban J connectivity index is 1.47. The smallest absolute Gasteiger partial charge is 0.218 e. The summed E-state index contributed by atoms with van der Waals surface area (Å²) in [6.45, 7) is 7.52. The second kappa shape index (κ2) is 8.35. The summed E-state index contributed by atoms with van der Waals surface area (Å²) in [5.41, 5.74) is 2.47. The van der Waals surface area contributed by atoms with E-state index in [1.54, 1.807) is 4.68 Å². The molecule has 2 aromatic heterocycles. The van der Waals surface area contributed by atoms with Gasteiger partial charge in [0.05, 0.1) is 11.4 Å². The Hall–Kier alpha value is -2.85. The van der Waals surface area contributed by atoms with Gasteiger partial charge >= 0.3 is 0 Å². The summed E-state index contributed by atoms with van der Waals surface area (Å²) in [7, 11) is -3.48. The number of anilines is 1. The summed E-state index contributed by atoms with van der Waals surface area (Å²) in [5.74, 6) is 1.56. The zero-order valence-electron chi connectivity index (χ0n) is 17.8. The molecule has 3 aromatic rings. The van der Waals surface area contributed by atoms with E-state index in [0.29, 0.717) is 43.4 Å². The topological polar surface area (TPSA) is 84.2 Å². The van der Waals surface area contributed by atoms with Crippen LogP contribution >= 0.6 is 0 Å². The van der Waals surface area contributed by atoms with Crippen molar-refractivity contribution in [2.75, 3.05) is 31.1 Å². The minimum absolute atomic E-state index is 0.137. The molecule has 0 bridgehead atoms. The Kier molecular flexibility index (Phi) is 5.76. The molecule has 0 unspecified atom stereocenters. The summed E-state index contributed by atoms with van der Waals surface area (Å²) >= 11 is 0. The van der Waals surface area contributed by atoms with Crippen LogP contribution in [-0.2, 0) is 15.8 Å². The third kappa shape index (κ3) is 4.75. The van der Waals surface area contributed by atoms with Crippen molar-refractivity contribution in [3.05, 3.63) is 65.0 Å². The van der Waals surface area contributed by atoms with Crippen LogP contribution in [0.5, 0.6) is 0 Å². The van der Waals surface area contributed by atoms with Crippen molar-refractivity contribution in [1.29, 1.82) is 0 Å². The Morgan fingerprint density at radius 3 is 2.19 bits per heavy atom. The van der Waals surface area contributed by atoms with Gasteiger partial charge in [0, 0.05) is 37.9 Å². The summed E-state index contributed by atoms with van der Waals surface area (Å²) in [5, 5.41) is 4.49. The maximum Gasteiger partial charge on any atom is 0.218 e. The van der Waals surface area contributed by atoms with Gasteiger partial charge in [0.1, 0.15) is 17.5 Å². The highest BCUT2D eigenvalue weighted by molar-refractivity contribution is 7.88. The summed E-state index contributed by atoms with van der Waals surface area (Å²) in [6, 6.07) is 9.44. The van der Waals surface area contributed by atoms with Crippen molar-refractivity contribution in [2.24, 2.45) is 0 Å². The van der Waals surface area contributed by atoms with Crippen molar-refractivity contribution in [3.63, 3.8) is 0 Å². The minimum Gasteiger partial charge on any atom is -0.354 e. The molecule has 1 fully saturated rings. The molecule has 1 aromatic carbocycles. The van der Waals surface area contributed by atoms with Gasteiger partial charge in [0.2, 0.25) is 10.0 Å². The number of benzene rings is 1. The maximum atomic E-state index is 13.1. The first-order valence-corrected chi connectivity index (χ1v) is 11.7. The fraction of sp³-hybridized carbons (Fsp3) is 0.381. The molecule has 0 amide bonds. The van der Waals surface area contributed by atoms with E-state index in [1.165, 1.54) is 28.6 Å². The van der Waals surface area contributed by atoms with Crippen molar-refractivity contribution < 1.29 is 12.8 Å². The van der Waals surface area contributed by atoms with E-state index in [2.05, 4.69) is 20.0 Å². The lowest BCUT2D eigenvalue weighted by Gasteiger charge is -2.34. The van der Waals surface area contributed by atoms with Crippen LogP contribution in [0.3, 0.4) is 0 Å². The monoisotopic (exact) mass is 444 g/mol. The van der Waals surface area contributed by atoms with E-state index in [0.717, 1.165) is 17.2 Å². The van der Waals surface area contributed by atoms with Crippen LogP contribution in [0, 0.1) is 26.6 Å². The molecule has 3 heterocycles. The van der Waals surface area contributed by atoms with E-state index in [9.17, 15) is 12.8 Å². The van der Waals surface area contributed by atoms with Crippen LogP contribution in [0.25, 0.3) is 5.82 Å². The second-order valence-electron chi connectivity index (χ2n) is 7.74. The maximum absolute atomic E-state index is 13.1. The van der Waals surface area contributed by atoms with Gasteiger partial charge < -0.3 is 4.90 Å². The lowest BCUT2D eigenvalue weighted by Crippen LogP contribution is -2.49. The lowest BCUT2D eigenvalue weighted by atomic mass is 10.2. The van der Waals surface area contributed by atoms with Crippen LogP contribution in [0.1, 0.15) is 22.8 Å². The number of halogens is 1. The van der Waals surface area contributed by atoms with Crippen molar-refractivity contribution in [1.82, 2.24) is 24.1 Å². The lowest BCUT2D eigenvalue weighted by molar-refractivity contribution is 0.383. The van der Waals surface area contributed by atoms with E-state index in [1.807, 2.05) is 32.9 Å². The molecule has 10 heteroatoms. The molecule has 0 saturated carbocycles. The van der Waals surface area contributed by atoms with Gasteiger partial charge in [-0.15, -0.1) is 0 Å². The Bertz CT molecular complexity index is 1190. The average molecular weight is 445 g/mol. The van der Waals surface area contributed by atoms with Crippen LogP contribution in [0.15, 0.2) is 36.4 Å². The van der Waals surface area contributed by atoms with Crippen molar-refractivity contribution in [3.8, 4) is 5.82 Å². The first-order valence-electron chi connectivity index (χ1n) is 10.1. The predicted molar refractivity (Wildman–Crippen MR) is 116 cm³/mol. The molecule has 0 aliphatic carbocycles. The van der Waals surface area contributed by atoms with Gasteiger partial charge in [-0.25, -0.2) is 27.5 Å². The molecule has 1 aliphatic heterocycles. The quantitative estimate of drug-likeness (QED) is 0.601. The van der Waals surface area contributed by atoms with Crippen molar-refractivity contribution >= 4 is 15.8 Å². The zero-order chi connectivity index (χ0) is 22.2. The highest BCUT2D eigenvalue weighted by Crippen LogP contribution is 2.21. The number of aromatic nitrogens is 4. The van der Waals surface area contributed by atoms with Gasteiger partial charge in [-0.05, 0) is 44.5 Å². The fourth-order valence-electron chi connectivity index (χ4n) is 3.75. The number of rotatable bonds is 5. The number of sulfonamides is 1. The van der Waals surface area contributed by atoms with Crippen LogP contribution in [0.4, 0.5) is 10.2 Å². The number of piperazine rings is 1. The molecule has 164 valence electrons. The van der Waals surface area contributed by atoms with Gasteiger partial charge in [-0.3, -0.25) is 0 Å². The highest BCUT2D eigenvalue weighted by Gasteiger charge is 2.28. The first kappa shape index (κ1) is 21.4. The SMILES string of the molecule is Cc1cc(C)n(-c2cc(N3CCN(S(=O)(=O)Cc4ccc(F)cc4)CC3)nc(C)n2)n1. The van der Waals surface area contributed by atoms with Gasteiger partial charge in [0.15, 0.2) is 5.82 Å². The number of hydrogen-bond donors (Lipinski definition) is 0. The molecule has 0 atom stereocenters. The van der Waals surface area contributed by atoms with Crippen LogP contribution < -0.4 is 4.90 Å². The van der Waals surface area contributed by atoms with E-state index < -0.39 is 10.0 Å².